The summed E-state index contributed by atoms with van der Waals surface area (Å²) in [7, 11) is 1.58. The second-order valence-electron chi connectivity index (χ2n) is 3.36. The van der Waals surface area contributed by atoms with E-state index in [4.69, 9.17) is 4.74 Å². The lowest BCUT2D eigenvalue weighted by Gasteiger charge is -2.08. The van der Waals surface area contributed by atoms with Gasteiger partial charge in [0.1, 0.15) is 5.75 Å². The van der Waals surface area contributed by atoms with Gasteiger partial charge in [-0.05, 0) is 32.0 Å². The van der Waals surface area contributed by atoms with E-state index in [0.717, 1.165) is 0 Å². The molecule has 0 aliphatic rings. The van der Waals surface area contributed by atoms with Gasteiger partial charge in [-0.3, -0.25) is 4.79 Å². The molecule has 0 fully saturated rings. The Kier molecular flexibility index (Phi) is 7.01. The molecule has 0 radical (unpaired) electrons. The molecule has 1 aromatic rings. The fraction of sp³-hybridized carbons (Fsp3) is 0.462. The van der Waals surface area contributed by atoms with E-state index >= 15 is 0 Å². The lowest BCUT2D eigenvalue weighted by atomic mass is 10.2. The first-order valence-corrected chi connectivity index (χ1v) is 5.58. The Balaban J connectivity index is 0.00000106. The average Bonchev–Trinajstić information content (AvgIpc) is 2.31. The lowest BCUT2D eigenvalue weighted by Crippen LogP contribution is -2.29. The minimum Gasteiger partial charge on any atom is -0.497 e. The van der Waals surface area contributed by atoms with Crippen LogP contribution in [0.5, 0.6) is 5.75 Å². The lowest BCUT2D eigenvalue weighted by molar-refractivity contribution is 0.0943. The van der Waals surface area contributed by atoms with E-state index < -0.39 is 0 Å². The van der Waals surface area contributed by atoms with Crippen LogP contribution in [0.1, 0.15) is 38.1 Å². The van der Waals surface area contributed by atoms with Crippen LogP contribution >= 0.6 is 0 Å². The first-order chi connectivity index (χ1) is 7.63. The zero-order valence-corrected chi connectivity index (χ0v) is 10.7. The van der Waals surface area contributed by atoms with Crippen molar-refractivity contribution in [3.05, 3.63) is 29.8 Å². The molecule has 0 spiro atoms. The molecule has 0 heterocycles. The van der Waals surface area contributed by atoms with E-state index in [2.05, 4.69) is 5.32 Å². The number of carbonyl (C=O) groups excluding carboxylic acids is 1. The van der Waals surface area contributed by atoms with E-state index in [0.29, 0.717) is 11.3 Å². The molecule has 0 atom stereocenters. The topological polar surface area (TPSA) is 38.3 Å². The molecule has 0 saturated heterocycles. The first-order valence-electron chi connectivity index (χ1n) is 5.58. The zero-order chi connectivity index (χ0) is 12.6. The Bertz CT molecular complexity index is 321. The Labute approximate surface area is 97.8 Å². The van der Waals surface area contributed by atoms with Crippen molar-refractivity contribution < 1.29 is 9.53 Å². The minimum absolute atomic E-state index is 0.0705. The second-order valence-corrected chi connectivity index (χ2v) is 3.36. The standard InChI is InChI=1S/C11H15NO2.C2H6/c1-8(2)12-11(13)9-5-4-6-10(7-9)14-3;1-2/h4-8H,1-3H3,(H,12,13);1-2H3. The van der Waals surface area contributed by atoms with Crippen LogP contribution in [0, 0.1) is 0 Å². The van der Waals surface area contributed by atoms with Crippen molar-refractivity contribution in [2.24, 2.45) is 0 Å². The molecule has 3 heteroatoms. The van der Waals surface area contributed by atoms with E-state index in [1.807, 2.05) is 33.8 Å². The van der Waals surface area contributed by atoms with Gasteiger partial charge in [0.25, 0.3) is 5.91 Å². The summed E-state index contributed by atoms with van der Waals surface area (Å²) in [5, 5.41) is 2.82. The number of hydrogen-bond acceptors (Lipinski definition) is 2. The average molecular weight is 223 g/mol. The maximum Gasteiger partial charge on any atom is 0.251 e. The van der Waals surface area contributed by atoms with E-state index in [-0.39, 0.29) is 11.9 Å². The van der Waals surface area contributed by atoms with Gasteiger partial charge < -0.3 is 10.1 Å². The third-order valence-corrected chi connectivity index (χ3v) is 1.75. The molecular weight excluding hydrogens is 202 g/mol. The zero-order valence-electron chi connectivity index (χ0n) is 10.7. The Hall–Kier alpha value is -1.51. The molecule has 0 unspecified atom stereocenters. The van der Waals surface area contributed by atoms with Gasteiger partial charge in [0.05, 0.1) is 7.11 Å². The number of nitrogens with one attached hydrogen (secondary N) is 1. The van der Waals surface area contributed by atoms with Gasteiger partial charge in [0, 0.05) is 11.6 Å². The molecule has 1 N–H and O–H groups in total. The molecule has 0 aromatic heterocycles. The van der Waals surface area contributed by atoms with Gasteiger partial charge >= 0.3 is 0 Å². The third kappa shape index (κ3) is 4.82. The van der Waals surface area contributed by atoms with Crippen LogP contribution in [-0.2, 0) is 0 Å². The van der Waals surface area contributed by atoms with E-state index in [1.165, 1.54) is 0 Å². The summed E-state index contributed by atoms with van der Waals surface area (Å²) in [6, 6.07) is 7.24. The smallest absolute Gasteiger partial charge is 0.251 e. The number of rotatable bonds is 3. The summed E-state index contributed by atoms with van der Waals surface area (Å²) in [4.78, 5) is 11.6. The Morgan fingerprint density at radius 3 is 2.44 bits per heavy atom. The minimum atomic E-state index is -0.0705. The number of methoxy groups -OCH3 is 1. The molecular formula is C13H21NO2. The summed E-state index contributed by atoms with van der Waals surface area (Å²) >= 11 is 0. The van der Waals surface area contributed by atoms with Gasteiger partial charge in [-0.15, -0.1) is 0 Å². The van der Waals surface area contributed by atoms with E-state index in [1.54, 1.807) is 25.3 Å². The van der Waals surface area contributed by atoms with Crippen molar-refractivity contribution >= 4 is 5.91 Å². The summed E-state index contributed by atoms with van der Waals surface area (Å²) < 4.78 is 5.03. The predicted molar refractivity (Wildman–Crippen MR) is 66.9 cm³/mol. The van der Waals surface area contributed by atoms with E-state index in [9.17, 15) is 4.79 Å². The fourth-order valence-electron chi connectivity index (χ4n) is 1.11. The van der Waals surface area contributed by atoms with Crippen LogP contribution in [0.2, 0.25) is 0 Å². The monoisotopic (exact) mass is 223 g/mol. The summed E-state index contributed by atoms with van der Waals surface area (Å²) in [6.45, 7) is 7.86. The quantitative estimate of drug-likeness (QED) is 0.855. The highest BCUT2D eigenvalue weighted by Gasteiger charge is 2.06. The second kappa shape index (κ2) is 7.74. The van der Waals surface area contributed by atoms with Gasteiger partial charge in [-0.25, -0.2) is 0 Å². The first kappa shape index (κ1) is 14.5. The summed E-state index contributed by atoms with van der Waals surface area (Å²) in [5.74, 6) is 0.625. The normalized spacial score (nSPS) is 9.12. The Morgan fingerprint density at radius 1 is 1.31 bits per heavy atom. The maximum absolute atomic E-state index is 11.6. The third-order valence-electron chi connectivity index (χ3n) is 1.75. The predicted octanol–water partition coefficient (Wildman–Crippen LogP) is 2.86. The SMILES string of the molecule is CC.COc1cccc(C(=O)NC(C)C)c1. The molecule has 0 aliphatic carbocycles. The molecule has 1 aromatic carbocycles. The number of amides is 1. The number of hydrogen-bond donors (Lipinski definition) is 1. The summed E-state index contributed by atoms with van der Waals surface area (Å²) in [6.07, 6.45) is 0. The van der Waals surface area contributed by atoms with Gasteiger partial charge in [0.15, 0.2) is 0 Å². The van der Waals surface area contributed by atoms with Crippen molar-refractivity contribution in [1.82, 2.24) is 5.32 Å². The van der Waals surface area contributed by atoms with Crippen molar-refractivity contribution in [3.63, 3.8) is 0 Å². The molecule has 90 valence electrons. The van der Waals surface area contributed by atoms with Gasteiger partial charge in [-0.1, -0.05) is 19.9 Å². The molecule has 3 nitrogen and oxygen atoms in total. The van der Waals surface area contributed by atoms with Crippen LogP contribution in [0.4, 0.5) is 0 Å². The molecule has 16 heavy (non-hydrogen) atoms. The largest absolute Gasteiger partial charge is 0.497 e. The van der Waals surface area contributed by atoms with Crippen molar-refractivity contribution in [3.8, 4) is 5.75 Å². The molecule has 1 rings (SSSR count). The Morgan fingerprint density at radius 2 is 1.94 bits per heavy atom. The van der Waals surface area contributed by atoms with Crippen LogP contribution in [0.3, 0.4) is 0 Å². The molecule has 0 saturated carbocycles. The number of ether oxygens (including phenoxy) is 1. The highest BCUT2D eigenvalue weighted by atomic mass is 16.5. The highest BCUT2D eigenvalue weighted by molar-refractivity contribution is 5.94. The molecule has 0 bridgehead atoms. The number of benzene rings is 1. The highest BCUT2D eigenvalue weighted by Crippen LogP contribution is 2.12. The van der Waals surface area contributed by atoms with Crippen molar-refractivity contribution in [2.45, 2.75) is 33.7 Å². The van der Waals surface area contributed by atoms with Crippen molar-refractivity contribution in [1.29, 1.82) is 0 Å². The van der Waals surface area contributed by atoms with Crippen LogP contribution < -0.4 is 10.1 Å². The van der Waals surface area contributed by atoms with Crippen LogP contribution in [0.15, 0.2) is 24.3 Å². The van der Waals surface area contributed by atoms with Crippen molar-refractivity contribution in [2.75, 3.05) is 7.11 Å². The van der Waals surface area contributed by atoms with Crippen LogP contribution in [-0.4, -0.2) is 19.1 Å². The van der Waals surface area contributed by atoms with Crippen LogP contribution in [0.25, 0.3) is 0 Å². The van der Waals surface area contributed by atoms with Gasteiger partial charge in [0.2, 0.25) is 0 Å². The number of carbonyl (C=O) groups is 1. The maximum atomic E-state index is 11.6. The fourth-order valence-corrected chi connectivity index (χ4v) is 1.11. The molecule has 1 amide bonds. The molecule has 0 aliphatic heterocycles. The summed E-state index contributed by atoms with van der Waals surface area (Å²) in [5.41, 5.74) is 0.623. The van der Waals surface area contributed by atoms with Gasteiger partial charge in [-0.2, -0.15) is 0 Å².